The first-order chi connectivity index (χ1) is 10.9. The summed E-state index contributed by atoms with van der Waals surface area (Å²) in [5.41, 5.74) is 0. The maximum Gasteiger partial charge on any atom is 1.00 e. The molecule has 1 aromatic rings. The van der Waals surface area contributed by atoms with Gasteiger partial charge in [0.05, 0.1) is 13.2 Å². The van der Waals surface area contributed by atoms with Crippen molar-refractivity contribution in [2.24, 2.45) is 0 Å². The number of nitrogens with one attached hydrogen (secondary N) is 2. The van der Waals surface area contributed by atoms with E-state index in [4.69, 9.17) is 10.2 Å². The van der Waals surface area contributed by atoms with Gasteiger partial charge in [-0.1, -0.05) is 7.60 Å². The van der Waals surface area contributed by atoms with Crippen molar-refractivity contribution in [2.75, 3.05) is 61.1 Å². The molecule has 0 fully saturated rings. The molecule has 1 heterocycles. The summed E-state index contributed by atoms with van der Waals surface area (Å²) >= 11 is 0. The molecule has 0 spiro atoms. The van der Waals surface area contributed by atoms with Crippen LogP contribution in [0.25, 0.3) is 0 Å². The standard InChI is InChI=1S/C11H22N6O5P.3Na/c1-2-12-9-14-10(13-3-8-23(20,21)22)16-11(15-9)17(4-6-18)5-7-19;;;/h18-19H,1-8H2,(H2,20,21,22)(H2,12,13,14,15,16);;;/q-1;3*+1/p-2. The molecule has 15 heteroatoms. The molecule has 0 saturated heterocycles. The van der Waals surface area contributed by atoms with Gasteiger partial charge in [0.1, 0.15) is 0 Å². The Kier molecular flexibility index (Phi) is 21.5. The molecule has 0 amide bonds. The molecule has 0 bridgehead atoms. The second-order valence-corrected chi connectivity index (χ2v) is 6.07. The minimum Gasteiger partial charge on any atom is -0.811 e. The summed E-state index contributed by atoms with van der Waals surface area (Å²) in [5, 5.41) is 23.5. The Bertz CT molecular complexity index is 535. The molecule has 0 aliphatic rings. The van der Waals surface area contributed by atoms with Crippen molar-refractivity contribution in [3.8, 4) is 0 Å². The summed E-state index contributed by atoms with van der Waals surface area (Å²) in [7, 11) is -4.62. The number of nitrogens with zero attached hydrogens (tertiary/aromatic N) is 4. The SMILES string of the molecule is [CH2-]CNc1nc(NCCP(=O)([O-])[O-])nc(N(CCO)CCO)n1.[Na+].[Na+].[Na+]. The largest absolute Gasteiger partial charge is 1.00 e. The van der Waals surface area contributed by atoms with Gasteiger partial charge in [0, 0.05) is 19.6 Å². The summed E-state index contributed by atoms with van der Waals surface area (Å²) in [6.45, 7) is 3.84. The Hall–Kier alpha value is 1.48. The fraction of sp³-hybridized carbons (Fsp3) is 0.636. The van der Waals surface area contributed by atoms with E-state index >= 15 is 0 Å². The van der Waals surface area contributed by atoms with Gasteiger partial charge in [-0.05, 0) is 6.16 Å². The average Bonchev–Trinajstić information content (AvgIpc) is 2.46. The van der Waals surface area contributed by atoms with Crippen LogP contribution in [0.15, 0.2) is 0 Å². The van der Waals surface area contributed by atoms with Crippen LogP contribution in [-0.4, -0.2) is 70.7 Å². The summed E-state index contributed by atoms with van der Waals surface area (Å²) in [6.07, 6.45) is -0.580. The van der Waals surface area contributed by atoms with Crippen molar-refractivity contribution in [3.63, 3.8) is 0 Å². The Morgan fingerprint density at radius 2 is 1.50 bits per heavy atom. The minimum absolute atomic E-state index is 0. The van der Waals surface area contributed by atoms with Crippen LogP contribution in [-0.2, 0) is 4.57 Å². The van der Waals surface area contributed by atoms with Gasteiger partial charge >= 0.3 is 88.7 Å². The van der Waals surface area contributed by atoms with E-state index in [1.54, 1.807) is 0 Å². The third kappa shape index (κ3) is 13.6. The number of aliphatic hydroxyl groups excluding tert-OH is 2. The van der Waals surface area contributed by atoms with E-state index in [1.807, 2.05) is 0 Å². The molecule has 0 aliphatic heterocycles. The third-order valence-corrected chi connectivity index (χ3v) is 3.37. The Morgan fingerprint density at radius 1 is 1.00 bits per heavy atom. The van der Waals surface area contributed by atoms with Crippen LogP contribution in [0.2, 0.25) is 0 Å². The van der Waals surface area contributed by atoms with Gasteiger partial charge in [0.2, 0.25) is 17.8 Å². The molecule has 0 saturated carbocycles. The van der Waals surface area contributed by atoms with Crippen LogP contribution in [0.5, 0.6) is 0 Å². The molecule has 0 atom stereocenters. The van der Waals surface area contributed by atoms with E-state index in [-0.39, 0.29) is 139 Å². The van der Waals surface area contributed by atoms with E-state index in [9.17, 15) is 14.4 Å². The van der Waals surface area contributed by atoms with Crippen molar-refractivity contribution < 1.29 is 113 Å². The Labute approximate surface area is 219 Å². The van der Waals surface area contributed by atoms with Gasteiger partial charge in [-0.2, -0.15) is 15.0 Å². The van der Waals surface area contributed by atoms with Crippen LogP contribution in [0, 0.1) is 6.92 Å². The summed E-state index contributed by atoms with van der Waals surface area (Å²) < 4.78 is 10.6. The predicted molar refractivity (Wildman–Crippen MR) is 81.0 cm³/mol. The van der Waals surface area contributed by atoms with E-state index in [0.29, 0.717) is 6.54 Å². The van der Waals surface area contributed by atoms with Crippen LogP contribution in [0.4, 0.5) is 17.8 Å². The van der Waals surface area contributed by atoms with Gasteiger partial charge in [0.15, 0.2) is 0 Å². The molecule has 0 aliphatic carbocycles. The van der Waals surface area contributed by atoms with Gasteiger partial charge in [-0.15, -0.1) is 6.54 Å². The normalized spacial score (nSPS) is 10.0. The summed E-state index contributed by atoms with van der Waals surface area (Å²) in [5.74, 6) is 0.454. The number of hydrogen-bond acceptors (Lipinski definition) is 11. The molecule has 4 N–H and O–H groups in total. The van der Waals surface area contributed by atoms with Gasteiger partial charge in [0.25, 0.3) is 0 Å². The van der Waals surface area contributed by atoms with Crippen LogP contribution < -0.4 is 114 Å². The topological polar surface area (TPSA) is 170 Å². The minimum atomic E-state index is -4.62. The zero-order chi connectivity index (χ0) is 17.3. The molecule has 0 radical (unpaired) electrons. The molecule has 1 rings (SSSR count). The van der Waals surface area contributed by atoms with Gasteiger partial charge < -0.3 is 47.0 Å². The Morgan fingerprint density at radius 3 is 1.92 bits per heavy atom. The smallest absolute Gasteiger partial charge is 0.811 e. The first-order valence-corrected chi connectivity index (χ1v) is 8.63. The fourth-order valence-corrected chi connectivity index (χ4v) is 2.02. The fourth-order valence-electron chi connectivity index (χ4n) is 1.63. The monoisotopic (exact) mass is 416 g/mol. The number of anilines is 3. The van der Waals surface area contributed by atoms with Crippen LogP contribution >= 0.6 is 7.60 Å². The van der Waals surface area contributed by atoms with Crippen LogP contribution in [0.3, 0.4) is 0 Å². The van der Waals surface area contributed by atoms with E-state index in [0.717, 1.165) is 0 Å². The average molecular weight is 416 g/mol. The van der Waals surface area contributed by atoms with Crippen molar-refractivity contribution in [3.05, 3.63) is 6.92 Å². The van der Waals surface area contributed by atoms with Crippen LogP contribution in [0.1, 0.15) is 0 Å². The van der Waals surface area contributed by atoms with Gasteiger partial charge in [-0.25, -0.2) is 0 Å². The molecule has 132 valence electrons. The number of hydrogen-bond donors (Lipinski definition) is 4. The second kappa shape index (κ2) is 17.3. The maximum absolute atomic E-state index is 10.6. The number of aliphatic hydroxyl groups is 2. The van der Waals surface area contributed by atoms with Gasteiger partial charge in [-0.3, -0.25) is 0 Å². The Balaban J connectivity index is -0.00000176. The molecule has 1 aromatic heterocycles. The summed E-state index contributed by atoms with van der Waals surface area (Å²) in [6, 6.07) is 0. The second-order valence-electron chi connectivity index (χ2n) is 4.40. The zero-order valence-corrected chi connectivity index (χ0v) is 22.4. The zero-order valence-electron chi connectivity index (χ0n) is 15.5. The first-order valence-electron chi connectivity index (χ1n) is 6.90. The predicted octanol–water partition coefficient (Wildman–Crippen LogP) is -11.8. The summed E-state index contributed by atoms with van der Waals surface area (Å²) in [4.78, 5) is 35.0. The molecule has 26 heavy (non-hydrogen) atoms. The van der Waals surface area contributed by atoms with E-state index in [1.165, 1.54) is 4.90 Å². The van der Waals surface area contributed by atoms with E-state index < -0.39 is 13.8 Å². The third-order valence-electron chi connectivity index (χ3n) is 2.60. The van der Waals surface area contributed by atoms with Crippen molar-refractivity contribution in [1.82, 2.24) is 15.0 Å². The number of rotatable bonds is 11. The van der Waals surface area contributed by atoms with Crippen molar-refractivity contribution >= 4 is 25.4 Å². The van der Waals surface area contributed by atoms with E-state index in [2.05, 4.69) is 32.5 Å². The van der Waals surface area contributed by atoms with Crippen molar-refractivity contribution in [2.45, 2.75) is 0 Å². The molecule has 0 aromatic carbocycles. The molecule has 11 nitrogen and oxygen atoms in total. The molecular weight excluding hydrogens is 396 g/mol. The first kappa shape index (κ1) is 32.2. The van der Waals surface area contributed by atoms with Crippen molar-refractivity contribution in [1.29, 1.82) is 0 Å². The number of aromatic nitrogens is 3. The molecular formula is C11H20N6Na3O5P. The maximum atomic E-state index is 10.6. The molecule has 0 unspecified atom stereocenters. The quantitative estimate of drug-likeness (QED) is 0.153.